The number of rotatable bonds is 1. The average molecular weight is 207 g/mol. The minimum atomic E-state index is -0.575. The zero-order chi connectivity index (χ0) is 11.0. The molecule has 1 heterocycles. The SMILES string of the molecule is NC1=C([N+](=O)[O-])CN(O)c2ccccc21. The van der Waals surface area contributed by atoms with Gasteiger partial charge in [0, 0.05) is 5.56 Å². The average Bonchev–Trinajstić information content (AvgIpc) is 2.23. The van der Waals surface area contributed by atoms with E-state index in [-0.39, 0.29) is 17.9 Å². The van der Waals surface area contributed by atoms with Gasteiger partial charge in [0.05, 0.1) is 10.6 Å². The number of nitro groups is 1. The molecule has 3 N–H and O–H groups in total. The number of fused-ring (bicyclic) bond motifs is 1. The Balaban J connectivity index is 2.62. The third kappa shape index (κ3) is 1.40. The third-order valence-corrected chi connectivity index (χ3v) is 2.30. The van der Waals surface area contributed by atoms with E-state index in [0.29, 0.717) is 11.3 Å². The highest BCUT2D eigenvalue weighted by Gasteiger charge is 2.28. The highest BCUT2D eigenvalue weighted by Crippen LogP contribution is 2.30. The van der Waals surface area contributed by atoms with Crippen LogP contribution >= 0.6 is 0 Å². The van der Waals surface area contributed by atoms with E-state index in [1.807, 2.05) is 0 Å². The van der Waals surface area contributed by atoms with Crippen LogP contribution in [0.25, 0.3) is 5.70 Å². The molecular weight excluding hydrogens is 198 g/mol. The lowest BCUT2D eigenvalue weighted by Crippen LogP contribution is -2.31. The molecule has 0 saturated carbocycles. The molecule has 78 valence electrons. The summed E-state index contributed by atoms with van der Waals surface area (Å²) in [6.45, 7) is -0.199. The van der Waals surface area contributed by atoms with Crippen LogP contribution in [0.5, 0.6) is 0 Å². The number of hydrogen-bond acceptors (Lipinski definition) is 5. The normalized spacial score (nSPS) is 15.1. The van der Waals surface area contributed by atoms with E-state index < -0.39 is 4.92 Å². The van der Waals surface area contributed by atoms with Crippen LogP contribution in [0.4, 0.5) is 5.69 Å². The van der Waals surface area contributed by atoms with Gasteiger partial charge in [0.1, 0.15) is 12.2 Å². The van der Waals surface area contributed by atoms with Crippen molar-refractivity contribution >= 4 is 11.4 Å². The number of para-hydroxylation sites is 1. The van der Waals surface area contributed by atoms with Crippen molar-refractivity contribution in [3.8, 4) is 0 Å². The molecule has 1 aromatic carbocycles. The second-order valence-electron chi connectivity index (χ2n) is 3.19. The van der Waals surface area contributed by atoms with Gasteiger partial charge in [-0.1, -0.05) is 18.2 Å². The molecule has 6 nitrogen and oxygen atoms in total. The lowest BCUT2D eigenvalue weighted by atomic mass is 10.0. The van der Waals surface area contributed by atoms with Crippen molar-refractivity contribution in [3.05, 3.63) is 45.6 Å². The Morgan fingerprint density at radius 2 is 2.13 bits per heavy atom. The standard InChI is InChI=1S/C9H9N3O3/c10-9-6-3-1-2-4-7(6)11(13)5-8(9)12(14)15/h1-4,13H,5,10H2. The predicted octanol–water partition coefficient (Wildman–Crippen LogP) is 0.800. The van der Waals surface area contributed by atoms with Crippen LogP contribution in [-0.4, -0.2) is 16.7 Å². The maximum atomic E-state index is 10.7. The van der Waals surface area contributed by atoms with Gasteiger partial charge in [-0.3, -0.25) is 15.3 Å². The van der Waals surface area contributed by atoms with Crippen molar-refractivity contribution in [2.75, 3.05) is 11.6 Å². The molecule has 2 rings (SSSR count). The third-order valence-electron chi connectivity index (χ3n) is 2.30. The van der Waals surface area contributed by atoms with Gasteiger partial charge in [0.2, 0.25) is 0 Å². The second kappa shape index (κ2) is 3.25. The maximum absolute atomic E-state index is 10.7. The first-order valence-electron chi connectivity index (χ1n) is 4.30. The van der Waals surface area contributed by atoms with Crippen LogP contribution in [-0.2, 0) is 0 Å². The fraction of sp³-hybridized carbons (Fsp3) is 0.111. The number of benzene rings is 1. The van der Waals surface area contributed by atoms with Crippen LogP contribution in [0.15, 0.2) is 30.0 Å². The Labute approximate surface area is 85.3 Å². The molecule has 0 fully saturated rings. The molecule has 0 radical (unpaired) electrons. The van der Waals surface area contributed by atoms with Gasteiger partial charge in [-0.15, -0.1) is 0 Å². The van der Waals surface area contributed by atoms with E-state index in [0.717, 1.165) is 5.06 Å². The maximum Gasteiger partial charge on any atom is 0.291 e. The van der Waals surface area contributed by atoms with Crippen LogP contribution < -0.4 is 10.8 Å². The molecule has 0 saturated heterocycles. The van der Waals surface area contributed by atoms with Gasteiger partial charge in [0.15, 0.2) is 0 Å². The molecule has 0 spiro atoms. The molecule has 1 aromatic rings. The predicted molar refractivity (Wildman–Crippen MR) is 53.7 cm³/mol. The topological polar surface area (TPSA) is 92.6 Å². The Bertz CT molecular complexity index is 456. The molecule has 1 aliphatic rings. The first-order valence-corrected chi connectivity index (χ1v) is 4.30. The molecule has 15 heavy (non-hydrogen) atoms. The molecule has 0 aromatic heterocycles. The first-order chi connectivity index (χ1) is 7.11. The van der Waals surface area contributed by atoms with E-state index in [1.54, 1.807) is 24.3 Å². The molecule has 0 aliphatic carbocycles. The molecule has 6 heteroatoms. The summed E-state index contributed by atoms with van der Waals surface area (Å²) in [5.41, 5.74) is 6.55. The number of nitrogens with two attached hydrogens (primary N) is 1. The van der Waals surface area contributed by atoms with Gasteiger partial charge < -0.3 is 5.73 Å². The number of hydrogen-bond donors (Lipinski definition) is 2. The van der Waals surface area contributed by atoms with Crippen molar-refractivity contribution in [2.45, 2.75) is 0 Å². The molecule has 0 unspecified atom stereocenters. The number of hydroxylamine groups is 1. The lowest BCUT2D eigenvalue weighted by Gasteiger charge is -2.23. The summed E-state index contributed by atoms with van der Waals surface area (Å²) in [5, 5.41) is 21.0. The highest BCUT2D eigenvalue weighted by atomic mass is 16.6. The van der Waals surface area contributed by atoms with E-state index in [2.05, 4.69) is 0 Å². The second-order valence-corrected chi connectivity index (χ2v) is 3.19. The summed E-state index contributed by atoms with van der Waals surface area (Å²) >= 11 is 0. The summed E-state index contributed by atoms with van der Waals surface area (Å²) in [5.74, 6) is 0. The van der Waals surface area contributed by atoms with Crippen molar-refractivity contribution in [2.24, 2.45) is 5.73 Å². The minimum Gasteiger partial charge on any atom is -0.393 e. The summed E-state index contributed by atoms with van der Waals surface area (Å²) in [4.78, 5) is 10.1. The monoisotopic (exact) mass is 207 g/mol. The van der Waals surface area contributed by atoms with E-state index >= 15 is 0 Å². The zero-order valence-electron chi connectivity index (χ0n) is 7.75. The number of anilines is 1. The largest absolute Gasteiger partial charge is 0.393 e. The summed E-state index contributed by atoms with van der Waals surface area (Å²) in [6, 6.07) is 6.73. The molecular formula is C9H9N3O3. The molecule has 0 amide bonds. The van der Waals surface area contributed by atoms with Crippen molar-refractivity contribution in [1.82, 2.24) is 0 Å². The van der Waals surface area contributed by atoms with E-state index in [4.69, 9.17) is 5.73 Å². The summed E-state index contributed by atoms with van der Waals surface area (Å²) < 4.78 is 0. The van der Waals surface area contributed by atoms with Gasteiger partial charge in [-0.25, -0.2) is 5.06 Å². The molecule has 0 bridgehead atoms. The van der Waals surface area contributed by atoms with Crippen molar-refractivity contribution < 1.29 is 10.1 Å². The van der Waals surface area contributed by atoms with Crippen LogP contribution in [0.1, 0.15) is 5.56 Å². The summed E-state index contributed by atoms with van der Waals surface area (Å²) in [7, 11) is 0. The Morgan fingerprint density at radius 1 is 1.47 bits per heavy atom. The van der Waals surface area contributed by atoms with Gasteiger partial charge in [-0.05, 0) is 6.07 Å². The molecule has 0 atom stereocenters. The summed E-state index contributed by atoms with van der Waals surface area (Å²) in [6.07, 6.45) is 0. The van der Waals surface area contributed by atoms with Crippen molar-refractivity contribution in [3.63, 3.8) is 0 Å². The number of nitrogens with zero attached hydrogens (tertiary/aromatic N) is 2. The van der Waals surface area contributed by atoms with Crippen LogP contribution in [0, 0.1) is 10.1 Å². The Hall–Kier alpha value is -2.08. The lowest BCUT2D eigenvalue weighted by molar-refractivity contribution is -0.425. The van der Waals surface area contributed by atoms with Crippen LogP contribution in [0.3, 0.4) is 0 Å². The quantitative estimate of drug-likeness (QED) is 0.524. The Morgan fingerprint density at radius 3 is 2.80 bits per heavy atom. The molecule has 1 aliphatic heterocycles. The van der Waals surface area contributed by atoms with Gasteiger partial charge >= 0.3 is 0 Å². The zero-order valence-corrected chi connectivity index (χ0v) is 7.75. The Kier molecular flexibility index (Phi) is 2.05. The fourth-order valence-electron chi connectivity index (χ4n) is 1.55. The minimum absolute atomic E-state index is 0.112. The van der Waals surface area contributed by atoms with E-state index in [1.165, 1.54) is 0 Å². The fourth-order valence-corrected chi connectivity index (χ4v) is 1.55. The van der Waals surface area contributed by atoms with Gasteiger partial charge in [-0.2, -0.15) is 0 Å². The van der Waals surface area contributed by atoms with Crippen LogP contribution in [0.2, 0.25) is 0 Å². The van der Waals surface area contributed by atoms with Gasteiger partial charge in [0.25, 0.3) is 5.70 Å². The highest BCUT2D eigenvalue weighted by molar-refractivity contribution is 5.78. The van der Waals surface area contributed by atoms with Crippen molar-refractivity contribution in [1.29, 1.82) is 0 Å². The first kappa shape index (κ1) is 9.47. The smallest absolute Gasteiger partial charge is 0.291 e. The van der Waals surface area contributed by atoms with E-state index in [9.17, 15) is 15.3 Å².